The third-order valence-corrected chi connectivity index (χ3v) is 3.69. The molecule has 2 unspecified atom stereocenters. The van der Waals surface area contributed by atoms with Crippen LogP contribution in [0, 0.1) is 12.8 Å². The highest BCUT2D eigenvalue weighted by molar-refractivity contribution is 5.90. The number of urea groups is 1. The smallest absolute Gasteiger partial charge is 0.321 e. The minimum atomic E-state index is -0.363. The first-order valence-electron chi connectivity index (χ1n) is 6.72. The lowest BCUT2D eigenvalue weighted by atomic mass is 9.94. The summed E-state index contributed by atoms with van der Waals surface area (Å²) in [6.45, 7) is 5.07. The molecule has 0 radical (unpaired) electrons. The Morgan fingerprint density at radius 2 is 2.42 bits per heavy atom. The van der Waals surface area contributed by atoms with Gasteiger partial charge in [0, 0.05) is 37.1 Å². The normalized spacial score (nSPS) is 21.0. The number of hydrogen-bond acceptors (Lipinski definition) is 3. The summed E-state index contributed by atoms with van der Waals surface area (Å²) in [6.07, 6.45) is 4.95. The van der Waals surface area contributed by atoms with Crippen LogP contribution in [0.15, 0.2) is 18.5 Å². The minimum absolute atomic E-state index is 0.0975. The van der Waals surface area contributed by atoms with E-state index < -0.39 is 0 Å². The van der Waals surface area contributed by atoms with Crippen LogP contribution in [0.5, 0.6) is 0 Å². The Bertz CT molecular complexity index is 448. The molecular formula is C14H21N3O2. The van der Waals surface area contributed by atoms with E-state index in [9.17, 15) is 9.90 Å². The maximum Gasteiger partial charge on any atom is 0.321 e. The van der Waals surface area contributed by atoms with E-state index in [-0.39, 0.29) is 18.1 Å². The Kier molecular flexibility index (Phi) is 4.37. The molecule has 0 bridgehead atoms. The number of rotatable bonds is 2. The highest BCUT2D eigenvalue weighted by atomic mass is 16.3. The number of piperidine rings is 1. The van der Waals surface area contributed by atoms with Crippen molar-refractivity contribution in [2.45, 2.75) is 32.8 Å². The van der Waals surface area contributed by atoms with E-state index in [1.54, 1.807) is 30.3 Å². The quantitative estimate of drug-likeness (QED) is 0.858. The lowest BCUT2D eigenvalue weighted by molar-refractivity contribution is 0.0766. The first-order chi connectivity index (χ1) is 9.08. The van der Waals surface area contributed by atoms with E-state index in [4.69, 9.17) is 0 Å². The first kappa shape index (κ1) is 13.8. The number of aromatic nitrogens is 1. The summed E-state index contributed by atoms with van der Waals surface area (Å²) < 4.78 is 0. The van der Waals surface area contributed by atoms with Gasteiger partial charge in [0.2, 0.25) is 0 Å². The van der Waals surface area contributed by atoms with E-state index in [1.165, 1.54) is 0 Å². The third kappa shape index (κ3) is 3.44. The number of aliphatic hydroxyl groups excluding tert-OH is 1. The molecule has 5 nitrogen and oxygen atoms in total. The molecule has 1 fully saturated rings. The number of carbonyl (C=O) groups is 1. The van der Waals surface area contributed by atoms with Crippen molar-refractivity contribution in [1.82, 2.24) is 9.88 Å². The summed E-state index contributed by atoms with van der Waals surface area (Å²) in [5, 5.41) is 12.5. The van der Waals surface area contributed by atoms with Crippen molar-refractivity contribution in [3.63, 3.8) is 0 Å². The molecule has 2 rings (SSSR count). The summed E-state index contributed by atoms with van der Waals surface area (Å²) in [7, 11) is 0. The molecule has 1 aliphatic heterocycles. The molecule has 0 aliphatic carbocycles. The zero-order valence-corrected chi connectivity index (χ0v) is 11.5. The summed E-state index contributed by atoms with van der Waals surface area (Å²) >= 11 is 0. The molecule has 1 saturated heterocycles. The molecule has 104 valence electrons. The average molecular weight is 263 g/mol. The number of aliphatic hydroxyl groups is 1. The third-order valence-electron chi connectivity index (χ3n) is 3.69. The van der Waals surface area contributed by atoms with E-state index in [2.05, 4.69) is 10.3 Å². The average Bonchev–Trinajstić information content (AvgIpc) is 2.41. The van der Waals surface area contributed by atoms with Gasteiger partial charge in [0.1, 0.15) is 0 Å². The molecule has 0 spiro atoms. The van der Waals surface area contributed by atoms with Crippen LogP contribution in [0.4, 0.5) is 10.5 Å². The van der Waals surface area contributed by atoms with Crippen molar-refractivity contribution >= 4 is 11.7 Å². The second-order valence-electron chi connectivity index (χ2n) is 5.21. The maximum atomic E-state index is 12.2. The predicted molar refractivity (Wildman–Crippen MR) is 74.0 cm³/mol. The predicted octanol–water partition coefficient (Wildman–Crippen LogP) is 2.01. The van der Waals surface area contributed by atoms with Gasteiger partial charge in [-0.1, -0.05) is 0 Å². The molecule has 5 heteroatoms. The fourth-order valence-electron chi connectivity index (χ4n) is 2.40. The molecule has 1 aromatic heterocycles. The van der Waals surface area contributed by atoms with Crippen LogP contribution < -0.4 is 5.32 Å². The number of likely N-dealkylation sites (tertiary alicyclic amines) is 1. The Hall–Kier alpha value is -1.62. The van der Waals surface area contributed by atoms with Crippen molar-refractivity contribution in [3.05, 3.63) is 24.0 Å². The molecule has 1 aromatic rings. The number of amides is 2. The van der Waals surface area contributed by atoms with Crippen LogP contribution in [-0.2, 0) is 0 Å². The lowest BCUT2D eigenvalue weighted by Crippen LogP contribution is -2.44. The Morgan fingerprint density at radius 3 is 3.11 bits per heavy atom. The molecule has 0 saturated carbocycles. The zero-order chi connectivity index (χ0) is 13.8. The highest BCUT2D eigenvalue weighted by Crippen LogP contribution is 2.21. The Morgan fingerprint density at radius 1 is 1.63 bits per heavy atom. The molecular weight excluding hydrogens is 242 g/mol. The van der Waals surface area contributed by atoms with Gasteiger partial charge >= 0.3 is 6.03 Å². The van der Waals surface area contributed by atoms with E-state index in [1.807, 2.05) is 6.92 Å². The molecule has 2 atom stereocenters. The van der Waals surface area contributed by atoms with Crippen LogP contribution in [0.1, 0.15) is 25.3 Å². The summed E-state index contributed by atoms with van der Waals surface area (Å²) in [5.74, 6) is 0.179. The maximum absolute atomic E-state index is 12.2. The fraction of sp³-hybridized carbons (Fsp3) is 0.571. The van der Waals surface area contributed by atoms with Gasteiger partial charge in [-0.05, 0) is 38.3 Å². The lowest BCUT2D eigenvalue weighted by Gasteiger charge is -2.34. The van der Waals surface area contributed by atoms with Crippen LogP contribution in [0.3, 0.4) is 0 Å². The van der Waals surface area contributed by atoms with Crippen LogP contribution in [-0.4, -0.2) is 40.2 Å². The number of hydrogen-bond donors (Lipinski definition) is 2. The zero-order valence-electron chi connectivity index (χ0n) is 11.5. The van der Waals surface area contributed by atoms with Crippen molar-refractivity contribution in [2.24, 2.45) is 5.92 Å². The van der Waals surface area contributed by atoms with Gasteiger partial charge in [0.15, 0.2) is 0 Å². The van der Waals surface area contributed by atoms with Gasteiger partial charge in [0.25, 0.3) is 0 Å². The van der Waals surface area contributed by atoms with E-state index >= 15 is 0 Å². The van der Waals surface area contributed by atoms with Crippen molar-refractivity contribution in [3.8, 4) is 0 Å². The van der Waals surface area contributed by atoms with Crippen molar-refractivity contribution in [2.75, 3.05) is 18.4 Å². The number of carbonyl (C=O) groups excluding carboxylic acids is 1. The van der Waals surface area contributed by atoms with E-state index in [0.717, 1.165) is 30.6 Å². The Balaban J connectivity index is 1.98. The van der Waals surface area contributed by atoms with Gasteiger partial charge in [-0.3, -0.25) is 4.98 Å². The van der Waals surface area contributed by atoms with Gasteiger partial charge in [-0.15, -0.1) is 0 Å². The summed E-state index contributed by atoms with van der Waals surface area (Å²) in [6, 6.07) is 1.70. The molecule has 1 aliphatic rings. The largest absolute Gasteiger partial charge is 0.393 e. The second kappa shape index (κ2) is 6.02. The van der Waals surface area contributed by atoms with Crippen molar-refractivity contribution in [1.29, 1.82) is 0 Å². The first-order valence-corrected chi connectivity index (χ1v) is 6.72. The number of aryl methyl sites for hydroxylation is 1. The Labute approximate surface area is 113 Å². The van der Waals surface area contributed by atoms with Crippen LogP contribution in [0.25, 0.3) is 0 Å². The summed E-state index contributed by atoms with van der Waals surface area (Å²) in [5.41, 5.74) is 1.74. The van der Waals surface area contributed by atoms with Gasteiger partial charge in [0.05, 0.1) is 6.10 Å². The van der Waals surface area contributed by atoms with E-state index in [0.29, 0.717) is 6.54 Å². The number of pyridine rings is 1. The second-order valence-corrected chi connectivity index (χ2v) is 5.21. The van der Waals surface area contributed by atoms with Crippen LogP contribution in [0.2, 0.25) is 0 Å². The standard InChI is InChI=1S/C14H21N3O2/c1-10-8-15-6-5-13(10)16-14(19)17-7-3-4-12(9-17)11(2)18/h5-6,8,11-12,18H,3-4,7,9H2,1-2H3,(H,15,16,19). The fourth-order valence-corrected chi connectivity index (χ4v) is 2.40. The molecule has 0 aromatic carbocycles. The molecule has 2 N–H and O–H groups in total. The van der Waals surface area contributed by atoms with Gasteiger partial charge in [-0.2, -0.15) is 0 Å². The SMILES string of the molecule is Cc1cnccc1NC(=O)N1CCCC(C(C)O)C1. The topological polar surface area (TPSA) is 65.5 Å². The number of nitrogens with one attached hydrogen (secondary N) is 1. The minimum Gasteiger partial charge on any atom is -0.393 e. The molecule has 2 amide bonds. The molecule has 19 heavy (non-hydrogen) atoms. The van der Waals surface area contributed by atoms with Crippen LogP contribution >= 0.6 is 0 Å². The number of anilines is 1. The summed E-state index contributed by atoms with van der Waals surface area (Å²) in [4.78, 5) is 18.0. The monoisotopic (exact) mass is 263 g/mol. The molecule has 2 heterocycles. The van der Waals surface area contributed by atoms with Gasteiger partial charge in [-0.25, -0.2) is 4.79 Å². The van der Waals surface area contributed by atoms with Gasteiger partial charge < -0.3 is 15.3 Å². The number of nitrogens with zero attached hydrogens (tertiary/aromatic N) is 2. The van der Waals surface area contributed by atoms with Crippen molar-refractivity contribution < 1.29 is 9.90 Å². The highest BCUT2D eigenvalue weighted by Gasteiger charge is 2.26.